The number of carboxylic acid groups (broad SMARTS) is 1. The summed E-state index contributed by atoms with van der Waals surface area (Å²) in [6.45, 7) is 1.76. The lowest BCUT2D eigenvalue weighted by Crippen LogP contribution is -2.13. The van der Waals surface area contributed by atoms with Crippen LogP contribution in [0, 0.1) is 6.92 Å². The molecule has 2 rings (SSSR count). The Balaban J connectivity index is 2.54. The van der Waals surface area contributed by atoms with E-state index in [2.05, 4.69) is 9.97 Å². The minimum absolute atomic E-state index is 0.130. The SMILES string of the molecule is COc1nc(C)nc(C2CCCC2)c1C(=O)O. The Labute approximate surface area is 99.9 Å². The predicted molar refractivity (Wildman–Crippen MR) is 61.5 cm³/mol. The standard InChI is InChI=1S/C12H16N2O3/c1-7-13-10(8-5-3-4-6-8)9(12(15)16)11(14-7)17-2/h8H,3-6H2,1-2H3,(H,15,16). The van der Waals surface area contributed by atoms with Crippen molar-refractivity contribution in [2.45, 2.75) is 38.5 Å². The van der Waals surface area contributed by atoms with Gasteiger partial charge in [0.05, 0.1) is 12.8 Å². The van der Waals surface area contributed by atoms with Gasteiger partial charge in [-0.3, -0.25) is 0 Å². The molecule has 5 nitrogen and oxygen atoms in total. The zero-order valence-electron chi connectivity index (χ0n) is 10.1. The molecule has 5 heteroatoms. The van der Waals surface area contributed by atoms with Gasteiger partial charge in [-0.1, -0.05) is 12.8 Å². The average molecular weight is 236 g/mol. The third-order valence-electron chi connectivity index (χ3n) is 3.16. The number of aromatic nitrogens is 2. The van der Waals surface area contributed by atoms with Crippen LogP contribution in [0.1, 0.15) is 53.5 Å². The van der Waals surface area contributed by atoms with Crippen LogP contribution < -0.4 is 4.74 Å². The number of aromatic carboxylic acids is 1. The molecule has 92 valence electrons. The minimum Gasteiger partial charge on any atom is -0.480 e. The summed E-state index contributed by atoms with van der Waals surface area (Å²) in [7, 11) is 1.44. The van der Waals surface area contributed by atoms with Crippen LogP contribution in [0.3, 0.4) is 0 Å². The van der Waals surface area contributed by atoms with E-state index in [-0.39, 0.29) is 17.4 Å². The van der Waals surface area contributed by atoms with Gasteiger partial charge in [0, 0.05) is 5.92 Å². The maximum Gasteiger partial charge on any atom is 0.343 e. The summed E-state index contributed by atoms with van der Waals surface area (Å²) in [5.41, 5.74) is 0.768. The molecule has 0 spiro atoms. The van der Waals surface area contributed by atoms with Crippen LogP contribution in [0.5, 0.6) is 5.88 Å². The van der Waals surface area contributed by atoms with Gasteiger partial charge in [-0.15, -0.1) is 0 Å². The molecular weight excluding hydrogens is 220 g/mol. The summed E-state index contributed by atoms with van der Waals surface area (Å²) < 4.78 is 5.06. The molecule has 0 aliphatic heterocycles. The van der Waals surface area contributed by atoms with E-state index in [4.69, 9.17) is 4.74 Å². The van der Waals surface area contributed by atoms with Crippen LogP contribution >= 0.6 is 0 Å². The quantitative estimate of drug-likeness (QED) is 0.870. The van der Waals surface area contributed by atoms with Gasteiger partial charge in [0.25, 0.3) is 0 Å². The molecule has 0 bridgehead atoms. The number of methoxy groups -OCH3 is 1. The second-order valence-corrected chi connectivity index (χ2v) is 4.33. The molecule has 1 saturated carbocycles. The van der Waals surface area contributed by atoms with Crippen LogP contribution in [0.2, 0.25) is 0 Å². The summed E-state index contributed by atoms with van der Waals surface area (Å²) in [6, 6.07) is 0. The van der Waals surface area contributed by atoms with Gasteiger partial charge < -0.3 is 9.84 Å². The van der Waals surface area contributed by atoms with Crippen molar-refractivity contribution in [1.29, 1.82) is 0 Å². The molecule has 1 aliphatic rings. The molecule has 1 heterocycles. The highest BCUT2D eigenvalue weighted by atomic mass is 16.5. The number of carboxylic acids is 1. The second kappa shape index (κ2) is 4.69. The Morgan fingerprint density at radius 2 is 2.00 bits per heavy atom. The van der Waals surface area contributed by atoms with Crippen molar-refractivity contribution in [2.24, 2.45) is 0 Å². The van der Waals surface area contributed by atoms with E-state index < -0.39 is 5.97 Å². The summed E-state index contributed by atoms with van der Waals surface area (Å²) in [6.07, 6.45) is 4.27. The molecule has 1 aromatic rings. The number of hydrogen-bond donors (Lipinski definition) is 1. The summed E-state index contributed by atoms with van der Waals surface area (Å²) in [5, 5.41) is 9.27. The highest BCUT2D eigenvalue weighted by Gasteiger charge is 2.28. The Bertz CT molecular complexity index is 440. The van der Waals surface area contributed by atoms with E-state index in [9.17, 15) is 9.90 Å². The van der Waals surface area contributed by atoms with Gasteiger partial charge in [0.15, 0.2) is 0 Å². The highest BCUT2D eigenvalue weighted by molar-refractivity contribution is 5.91. The van der Waals surface area contributed by atoms with Crippen molar-refractivity contribution < 1.29 is 14.6 Å². The fourth-order valence-corrected chi connectivity index (χ4v) is 2.41. The first-order valence-corrected chi connectivity index (χ1v) is 5.79. The molecule has 0 radical (unpaired) electrons. The number of carbonyl (C=O) groups is 1. The van der Waals surface area contributed by atoms with Gasteiger partial charge in [-0.2, -0.15) is 4.98 Å². The molecule has 0 amide bonds. The lowest BCUT2D eigenvalue weighted by atomic mass is 9.99. The molecule has 1 aromatic heterocycles. The maximum atomic E-state index is 11.3. The first-order chi connectivity index (χ1) is 8.13. The van der Waals surface area contributed by atoms with E-state index in [1.165, 1.54) is 7.11 Å². The molecule has 17 heavy (non-hydrogen) atoms. The van der Waals surface area contributed by atoms with E-state index in [1.54, 1.807) is 6.92 Å². The summed E-state index contributed by atoms with van der Waals surface area (Å²) >= 11 is 0. The van der Waals surface area contributed by atoms with E-state index in [0.29, 0.717) is 11.5 Å². The first kappa shape index (κ1) is 11.8. The smallest absolute Gasteiger partial charge is 0.343 e. The number of ether oxygens (including phenoxy) is 1. The molecule has 1 N–H and O–H groups in total. The zero-order chi connectivity index (χ0) is 12.4. The third-order valence-corrected chi connectivity index (χ3v) is 3.16. The van der Waals surface area contributed by atoms with Crippen LogP contribution in [0.4, 0.5) is 0 Å². The van der Waals surface area contributed by atoms with E-state index >= 15 is 0 Å². The fourth-order valence-electron chi connectivity index (χ4n) is 2.41. The maximum absolute atomic E-state index is 11.3. The normalized spacial score (nSPS) is 16.1. The molecule has 1 fully saturated rings. The van der Waals surface area contributed by atoms with Crippen LogP contribution in [-0.2, 0) is 0 Å². The van der Waals surface area contributed by atoms with Crippen molar-refractivity contribution in [3.63, 3.8) is 0 Å². The lowest BCUT2D eigenvalue weighted by Gasteiger charge is -2.14. The Kier molecular flexibility index (Phi) is 3.26. The summed E-state index contributed by atoms with van der Waals surface area (Å²) in [5.74, 6) is -0.0406. The van der Waals surface area contributed by atoms with E-state index in [0.717, 1.165) is 25.7 Å². The van der Waals surface area contributed by atoms with Gasteiger partial charge in [-0.05, 0) is 19.8 Å². The minimum atomic E-state index is -1.01. The van der Waals surface area contributed by atoms with Crippen LogP contribution in [-0.4, -0.2) is 28.2 Å². The molecular formula is C12H16N2O3. The number of aryl methyl sites for hydroxylation is 1. The predicted octanol–water partition coefficient (Wildman–Crippen LogP) is 2.15. The number of nitrogens with zero attached hydrogens (tertiary/aromatic N) is 2. The van der Waals surface area contributed by atoms with Crippen LogP contribution in [0.25, 0.3) is 0 Å². The topological polar surface area (TPSA) is 72.3 Å². The van der Waals surface area contributed by atoms with Gasteiger partial charge in [0.1, 0.15) is 11.4 Å². The lowest BCUT2D eigenvalue weighted by molar-refractivity contribution is 0.0689. The molecule has 0 atom stereocenters. The Morgan fingerprint density at radius 3 is 2.53 bits per heavy atom. The van der Waals surface area contributed by atoms with Gasteiger partial charge in [-0.25, -0.2) is 9.78 Å². The second-order valence-electron chi connectivity index (χ2n) is 4.33. The summed E-state index contributed by atoms with van der Waals surface area (Å²) in [4.78, 5) is 19.7. The highest BCUT2D eigenvalue weighted by Crippen LogP contribution is 2.36. The van der Waals surface area contributed by atoms with Crippen molar-refractivity contribution in [2.75, 3.05) is 7.11 Å². The first-order valence-electron chi connectivity index (χ1n) is 5.79. The Morgan fingerprint density at radius 1 is 1.35 bits per heavy atom. The monoisotopic (exact) mass is 236 g/mol. The molecule has 0 unspecified atom stereocenters. The number of rotatable bonds is 3. The van der Waals surface area contributed by atoms with Crippen molar-refractivity contribution in [1.82, 2.24) is 9.97 Å². The van der Waals surface area contributed by atoms with Gasteiger partial charge in [0.2, 0.25) is 5.88 Å². The fraction of sp³-hybridized carbons (Fsp3) is 0.583. The third kappa shape index (κ3) is 2.23. The molecule has 1 aliphatic carbocycles. The van der Waals surface area contributed by atoms with E-state index in [1.807, 2.05) is 0 Å². The van der Waals surface area contributed by atoms with Gasteiger partial charge >= 0.3 is 5.97 Å². The zero-order valence-corrected chi connectivity index (χ0v) is 10.1. The van der Waals surface area contributed by atoms with Crippen molar-refractivity contribution in [3.05, 3.63) is 17.1 Å². The molecule has 0 saturated heterocycles. The largest absolute Gasteiger partial charge is 0.480 e. The van der Waals surface area contributed by atoms with Crippen molar-refractivity contribution >= 4 is 5.97 Å². The Hall–Kier alpha value is -1.65. The van der Waals surface area contributed by atoms with Crippen molar-refractivity contribution in [3.8, 4) is 5.88 Å². The average Bonchev–Trinajstić information content (AvgIpc) is 2.80. The van der Waals surface area contributed by atoms with Crippen LogP contribution in [0.15, 0.2) is 0 Å². The molecule has 0 aromatic carbocycles. The number of hydrogen-bond acceptors (Lipinski definition) is 4.